The van der Waals surface area contributed by atoms with E-state index in [2.05, 4.69) is 22.6 Å². The molecular weight excluding hydrogens is 252 g/mol. The van der Waals surface area contributed by atoms with Gasteiger partial charge in [-0.15, -0.1) is 5.10 Å². The SMILES string of the molecule is CCCNCc1cn(-c2ccc(OC(C)C)cc2)nn1. The number of aromatic nitrogens is 3. The van der Waals surface area contributed by atoms with Crippen molar-refractivity contribution < 1.29 is 4.74 Å². The summed E-state index contributed by atoms with van der Waals surface area (Å²) in [5.41, 5.74) is 1.93. The van der Waals surface area contributed by atoms with Crippen LogP contribution < -0.4 is 10.1 Å². The molecule has 1 aromatic heterocycles. The molecule has 0 fully saturated rings. The zero-order valence-corrected chi connectivity index (χ0v) is 12.3. The van der Waals surface area contributed by atoms with Crippen molar-refractivity contribution in [2.45, 2.75) is 39.8 Å². The molecule has 0 aliphatic heterocycles. The van der Waals surface area contributed by atoms with Gasteiger partial charge in [0, 0.05) is 6.54 Å². The molecule has 1 N–H and O–H groups in total. The van der Waals surface area contributed by atoms with Gasteiger partial charge in [-0.05, 0) is 51.1 Å². The van der Waals surface area contributed by atoms with Crippen LogP contribution in [0.3, 0.4) is 0 Å². The van der Waals surface area contributed by atoms with Gasteiger partial charge in [-0.3, -0.25) is 0 Å². The van der Waals surface area contributed by atoms with Crippen LogP contribution >= 0.6 is 0 Å². The van der Waals surface area contributed by atoms with E-state index in [0.29, 0.717) is 0 Å². The summed E-state index contributed by atoms with van der Waals surface area (Å²) in [6, 6.07) is 7.86. The van der Waals surface area contributed by atoms with Gasteiger partial charge in [-0.2, -0.15) is 0 Å². The molecule has 0 radical (unpaired) electrons. The molecule has 2 aromatic rings. The first-order chi connectivity index (χ1) is 9.69. The standard InChI is InChI=1S/C15H22N4O/c1-4-9-16-10-13-11-19(18-17-13)14-5-7-15(8-6-14)20-12(2)3/h5-8,11-12,16H,4,9-10H2,1-3H3. The molecule has 2 rings (SSSR count). The van der Waals surface area contributed by atoms with Crippen molar-refractivity contribution >= 4 is 0 Å². The zero-order chi connectivity index (χ0) is 14.4. The molecule has 20 heavy (non-hydrogen) atoms. The minimum atomic E-state index is 0.184. The van der Waals surface area contributed by atoms with Crippen LogP contribution in [0, 0.1) is 0 Å². The highest BCUT2D eigenvalue weighted by molar-refractivity contribution is 5.36. The molecule has 0 atom stereocenters. The number of nitrogens with zero attached hydrogens (tertiary/aromatic N) is 3. The normalized spacial score (nSPS) is 11.0. The van der Waals surface area contributed by atoms with Crippen LogP contribution in [0.5, 0.6) is 5.75 Å². The number of nitrogens with one attached hydrogen (secondary N) is 1. The molecule has 0 spiro atoms. The maximum atomic E-state index is 5.62. The molecule has 5 nitrogen and oxygen atoms in total. The Kier molecular flexibility index (Phi) is 5.12. The van der Waals surface area contributed by atoms with Gasteiger partial charge in [0.2, 0.25) is 0 Å². The lowest BCUT2D eigenvalue weighted by atomic mass is 10.3. The number of ether oxygens (including phenoxy) is 1. The van der Waals surface area contributed by atoms with Crippen molar-refractivity contribution in [1.29, 1.82) is 0 Å². The van der Waals surface area contributed by atoms with Crippen LogP contribution in [0.4, 0.5) is 0 Å². The predicted molar refractivity (Wildman–Crippen MR) is 79.1 cm³/mol. The van der Waals surface area contributed by atoms with Crippen molar-refractivity contribution in [3.8, 4) is 11.4 Å². The number of hydrogen-bond acceptors (Lipinski definition) is 4. The second kappa shape index (κ2) is 7.05. The highest BCUT2D eigenvalue weighted by Crippen LogP contribution is 2.16. The Morgan fingerprint density at radius 3 is 2.65 bits per heavy atom. The zero-order valence-electron chi connectivity index (χ0n) is 12.3. The predicted octanol–water partition coefficient (Wildman–Crippen LogP) is 2.55. The van der Waals surface area contributed by atoms with Gasteiger partial charge >= 0.3 is 0 Å². The number of benzene rings is 1. The summed E-state index contributed by atoms with van der Waals surface area (Å²) >= 11 is 0. The first-order valence-electron chi connectivity index (χ1n) is 7.08. The third kappa shape index (κ3) is 4.06. The van der Waals surface area contributed by atoms with Crippen molar-refractivity contribution in [2.75, 3.05) is 6.54 Å². The maximum Gasteiger partial charge on any atom is 0.119 e. The molecule has 0 aliphatic carbocycles. The summed E-state index contributed by atoms with van der Waals surface area (Å²) in [6.07, 6.45) is 3.25. The average Bonchev–Trinajstić information content (AvgIpc) is 2.88. The van der Waals surface area contributed by atoms with E-state index in [0.717, 1.165) is 36.6 Å². The van der Waals surface area contributed by atoms with Gasteiger partial charge in [-0.25, -0.2) is 4.68 Å². The number of hydrogen-bond donors (Lipinski definition) is 1. The molecule has 0 saturated carbocycles. The molecule has 5 heteroatoms. The van der Waals surface area contributed by atoms with E-state index in [9.17, 15) is 0 Å². The lowest BCUT2D eigenvalue weighted by Gasteiger charge is -2.09. The fraction of sp³-hybridized carbons (Fsp3) is 0.467. The van der Waals surface area contributed by atoms with E-state index in [1.54, 1.807) is 4.68 Å². The van der Waals surface area contributed by atoms with E-state index in [1.807, 2.05) is 44.3 Å². The molecule has 1 heterocycles. The van der Waals surface area contributed by atoms with E-state index >= 15 is 0 Å². The summed E-state index contributed by atoms with van der Waals surface area (Å²) in [7, 11) is 0. The number of rotatable bonds is 7. The second-order valence-corrected chi connectivity index (χ2v) is 4.99. The van der Waals surface area contributed by atoms with Crippen LogP contribution in [-0.4, -0.2) is 27.6 Å². The fourth-order valence-corrected chi connectivity index (χ4v) is 1.85. The summed E-state index contributed by atoms with van der Waals surface area (Å²) in [4.78, 5) is 0. The Balaban J connectivity index is 2.00. The smallest absolute Gasteiger partial charge is 0.119 e. The van der Waals surface area contributed by atoms with Gasteiger partial charge < -0.3 is 10.1 Å². The average molecular weight is 274 g/mol. The maximum absolute atomic E-state index is 5.62. The van der Waals surface area contributed by atoms with Gasteiger partial charge in [-0.1, -0.05) is 12.1 Å². The van der Waals surface area contributed by atoms with Crippen LogP contribution in [-0.2, 0) is 6.54 Å². The van der Waals surface area contributed by atoms with E-state index in [-0.39, 0.29) is 6.10 Å². The Morgan fingerprint density at radius 1 is 1.25 bits per heavy atom. The second-order valence-electron chi connectivity index (χ2n) is 4.99. The topological polar surface area (TPSA) is 52.0 Å². The molecule has 108 valence electrons. The van der Waals surface area contributed by atoms with E-state index in [4.69, 9.17) is 4.74 Å². The quantitative estimate of drug-likeness (QED) is 0.788. The Hall–Kier alpha value is -1.88. The molecule has 0 saturated heterocycles. The van der Waals surface area contributed by atoms with Crippen LogP contribution in [0.15, 0.2) is 30.5 Å². The monoisotopic (exact) mass is 274 g/mol. The first kappa shape index (κ1) is 14.5. The summed E-state index contributed by atoms with van der Waals surface area (Å²) in [5.74, 6) is 0.869. The van der Waals surface area contributed by atoms with Crippen molar-refractivity contribution in [1.82, 2.24) is 20.3 Å². The van der Waals surface area contributed by atoms with Crippen molar-refractivity contribution in [3.05, 3.63) is 36.2 Å². The van der Waals surface area contributed by atoms with E-state index in [1.165, 1.54) is 0 Å². The minimum absolute atomic E-state index is 0.184. The van der Waals surface area contributed by atoms with Gasteiger partial charge in [0.25, 0.3) is 0 Å². The fourth-order valence-electron chi connectivity index (χ4n) is 1.85. The highest BCUT2D eigenvalue weighted by Gasteiger charge is 2.03. The molecule has 0 bridgehead atoms. The summed E-state index contributed by atoms with van der Waals surface area (Å²) in [5, 5.41) is 11.6. The van der Waals surface area contributed by atoms with Crippen molar-refractivity contribution in [2.24, 2.45) is 0 Å². The van der Waals surface area contributed by atoms with Crippen LogP contribution in [0.2, 0.25) is 0 Å². The van der Waals surface area contributed by atoms with E-state index < -0.39 is 0 Å². The Labute approximate surface area is 120 Å². The van der Waals surface area contributed by atoms with Gasteiger partial charge in [0.05, 0.1) is 23.7 Å². The molecule has 0 amide bonds. The Bertz CT molecular complexity index is 519. The lowest BCUT2D eigenvalue weighted by Crippen LogP contribution is -2.13. The largest absolute Gasteiger partial charge is 0.491 e. The van der Waals surface area contributed by atoms with Crippen LogP contribution in [0.25, 0.3) is 5.69 Å². The molecule has 0 aliphatic rings. The molecule has 1 aromatic carbocycles. The molecule has 0 unspecified atom stereocenters. The van der Waals surface area contributed by atoms with Gasteiger partial charge in [0.15, 0.2) is 0 Å². The third-order valence-electron chi connectivity index (χ3n) is 2.75. The minimum Gasteiger partial charge on any atom is -0.491 e. The molecular formula is C15H22N4O. The highest BCUT2D eigenvalue weighted by atomic mass is 16.5. The van der Waals surface area contributed by atoms with Gasteiger partial charge in [0.1, 0.15) is 5.75 Å². The summed E-state index contributed by atoms with van der Waals surface area (Å²) in [6.45, 7) is 7.92. The van der Waals surface area contributed by atoms with Crippen molar-refractivity contribution in [3.63, 3.8) is 0 Å². The van der Waals surface area contributed by atoms with Crippen LogP contribution in [0.1, 0.15) is 32.9 Å². The lowest BCUT2D eigenvalue weighted by molar-refractivity contribution is 0.242. The Morgan fingerprint density at radius 2 is 2.00 bits per heavy atom. The third-order valence-corrected chi connectivity index (χ3v) is 2.75. The first-order valence-corrected chi connectivity index (χ1v) is 7.08. The summed E-state index contributed by atoms with van der Waals surface area (Å²) < 4.78 is 7.40.